The number of rotatable bonds is 2. The third-order valence-electron chi connectivity index (χ3n) is 0.544. The molecule has 0 fully saturated rings. The molecule has 0 saturated carbocycles. The summed E-state index contributed by atoms with van der Waals surface area (Å²) in [6.45, 7) is 8.32. The molecule has 0 rings (SSSR count). The molecule has 0 spiro atoms. The van der Waals surface area contributed by atoms with E-state index in [0.29, 0.717) is 0 Å². The molecule has 1 heteroatoms. The molecule has 0 aliphatic heterocycles. The van der Waals surface area contributed by atoms with Gasteiger partial charge in [0.1, 0.15) is 0 Å². The van der Waals surface area contributed by atoms with E-state index in [0.717, 1.165) is 12.1 Å². The summed E-state index contributed by atoms with van der Waals surface area (Å²) in [5.41, 5.74) is 1.11. The van der Waals surface area contributed by atoms with Crippen LogP contribution >= 0.6 is 0 Å². The average Bonchev–Trinajstić information content (AvgIpc) is 1.61. The first kappa shape index (κ1) is 6.41. The van der Waals surface area contributed by atoms with Crippen molar-refractivity contribution in [1.82, 2.24) is 0 Å². The van der Waals surface area contributed by atoms with Gasteiger partial charge in [-0.1, -0.05) is 12.2 Å². The van der Waals surface area contributed by atoms with Crippen LogP contribution in [0.15, 0.2) is 17.1 Å². The first-order valence-electron chi connectivity index (χ1n) is 2.36. The quantitative estimate of drug-likeness (QED) is 0.367. The Balaban J connectivity index is 3.14. The van der Waals surface area contributed by atoms with Gasteiger partial charge in [-0.2, -0.15) is 0 Å². The Bertz CT molecular complexity index is 82.2. The van der Waals surface area contributed by atoms with Crippen molar-refractivity contribution in [2.75, 3.05) is 6.54 Å². The summed E-state index contributed by atoms with van der Waals surface area (Å²) in [7, 11) is 0. The topological polar surface area (TPSA) is 12.4 Å². The van der Waals surface area contributed by atoms with E-state index < -0.39 is 0 Å². The van der Waals surface area contributed by atoms with Gasteiger partial charge in [-0.15, -0.1) is 0 Å². The molecular weight excluding hydrogens is 86.1 g/mol. The van der Waals surface area contributed by atoms with Crippen molar-refractivity contribution in [1.29, 1.82) is 0 Å². The molecule has 0 amide bonds. The fourth-order valence-corrected chi connectivity index (χ4v) is 0.247. The minimum atomic E-state index is 0.774. The highest BCUT2D eigenvalue weighted by Crippen LogP contribution is 1.83. The maximum absolute atomic E-state index is 3.95. The van der Waals surface area contributed by atoms with E-state index in [1.54, 1.807) is 6.21 Å². The molecule has 0 atom stereocenters. The molecule has 40 valence electrons. The van der Waals surface area contributed by atoms with Gasteiger partial charge in [0.2, 0.25) is 0 Å². The Labute approximate surface area is 44.8 Å². The molecule has 0 bridgehead atoms. The summed E-state index contributed by atoms with van der Waals surface area (Å²) in [4.78, 5) is 3.95. The second-order valence-corrected chi connectivity index (χ2v) is 1.56. The molecule has 1 nitrogen and oxygen atoms in total. The summed E-state index contributed by atoms with van der Waals surface area (Å²) in [6.07, 6.45) is 1.79. The Morgan fingerprint density at radius 3 is 2.57 bits per heavy atom. The van der Waals surface area contributed by atoms with Crippen LogP contribution in [0.5, 0.6) is 0 Å². The average molecular weight is 97.2 g/mol. The van der Waals surface area contributed by atoms with E-state index in [9.17, 15) is 0 Å². The van der Waals surface area contributed by atoms with Crippen LogP contribution in [-0.2, 0) is 0 Å². The summed E-state index contributed by atoms with van der Waals surface area (Å²) >= 11 is 0. The molecule has 0 radical (unpaired) electrons. The summed E-state index contributed by atoms with van der Waals surface area (Å²) in [5.74, 6) is 0. The number of aliphatic imine (C=N–C) groups is 1. The van der Waals surface area contributed by atoms with E-state index in [1.165, 1.54) is 0 Å². The van der Waals surface area contributed by atoms with Gasteiger partial charge in [0.25, 0.3) is 0 Å². The van der Waals surface area contributed by atoms with Crippen LogP contribution in [0.1, 0.15) is 13.8 Å². The lowest BCUT2D eigenvalue weighted by Crippen LogP contribution is -1.77. The van der Waals surface area contributed by atoms with Crippen LogP contribution in [0.2, 0.25) is 0 Å². The van der Waals surface area contributed by atoms with Crippen LogP contribution in [0, 0.1) is 0 Å². The number of hydrogen-bond donors (Lipinski definition) is 0. The summed E-state index contributed by atoms with van der Waals surface area (Å²) in [5, 5.41) is 0. The summed E-state index contributed by atoms with van der Waals surface area (Å²) in [6, 6.07) is 0. The molecule has 0 aliphatic carbocycles. The zero-order valence-electron chi connectivity index (χ0n) is 4.94. The number of nitrogens with zero attached hydrogens (tertiary/aromatic N) is 1. The lowest BCUT2D eigenvalue weighted by Gasteiger charge is -1.85. The van der Waals surface area contributed by atoms with Crippen molar-refractivity contribution in [3.8, 4) is 0 Å². The zero-order valence-corrected chi connectivity index (χ0v) is 4.94. The molecule has 7 heavy (non-hydrogen) atoms. The van der Waals surface area contributed by atoms with Crippen molar-refractivity contribution in [2.24, 2.45) is 4.99 Å². The molecule has 0 N–H and O–H groups in total. The van der Waals surface area contributed by atoms with E-state index in [1.807, 2.05) is 13.8 Å². The van der Waals surface area contributed by atoms with Gasteiger partial charge >= 0.3 is 0 Å². The minimum absolute atomic E-state index is 0.774. The third-order valence-corrected chi connectivity index (χ3v) is 0.544. The Hall–Kier alpha value is -0.590. The smallest absolute Gasteiger partial charge is 0.0590 e. The van der Waals surface area contributed by atoms with Crippen LogP contribution in [0.3, 0.4) is 0 Å². The van der Waals surface area contributed by atoms with E-state index in [2.05, 4.69) is 11.6 Å². The third kappa shape index (κ3) is 5.41. The zero-order chi connectivity index (χ0) is 5.70. The van der Waals surface area contributed by atoms with Crippen molar-refractivity contribution < 1.29 is 0 Å². The van der Waals surface area contributed by atoms with Gasteiger partial charge in [-0.05, 0) is 20.1 Å². The standard InChI is InChI=1S/C6H11N/c1-4-7-5-6(2)3/h4H,2,5H2,1,3H3. The highest BCUT2D eigenvalue weighted by molar-refractivity contribution is 5.53. The SMILES string of the molecule is C=C(C)CN=CC. The fourth-order valence-electron chi connectivity index (χ4n) is 0.247. The second kappa shape index (κ2) is 3.59. The van der Waals surface area contributed by atoms with Gasteiger partial charge in [0.15, 0.2) is 0 Å². The van der Waals surface area contributed by atoms with Crippen molar-refractivity contribution in [3.05, 3.63) is 12.2 Å². The van der Waals surface area contributed by atoms with Gasteiger partial charge < -0.3 is 0 Å². The van der Waals surface area contributed by atoms with E-state index >= 15 is 0 Å². The second-order valence-electron chi connectivity index (χ2n) is 1.56. The van der Waals surface area contributed by atoms with E-state index in [-0.39, 0.29) is 0 Å². The molecule has 0 aromatic rings. The van der Waals surface area contributed by atoms with Crippen LogP contribution in [0.25, 0.3) is 0 Å². The normalized spacial score (nSPS) is 10.0. The number of hydrogen-bond acceptors (Lipinski definition) is 1. The Kier molecular flexibility index (Phi) is 3.29. The highest BCUT2D eigenvalue weighted by atomic mass is 14.7. The first-order valence-corrected chi connectivity index (χ1v) is 2.36. The van der Waals surface area contributed by atoms with Crippen LogP contribution in [-0.4, -0.2) is 12.8 Å². The minimum Gasteiger partial charge on any atom is -0.293 e. The molecule has 0 aromatic carbocycles. The molecular formula is C6H11N. The monoisotopic (exact) mass is 97.1 g/mol. The van der Waals surface area contributed by atoms with Crippen molar-refractivity contribution in [3.63, 3.8) is 0 Å². The van der Waals surface area contributed by atoms with E-state index in [4.69, 9.17) is 0 Å². The lowest BCUT2D eigenvalue weighted by molar-refractivity contribution is 1.15. The largest absolute Gasteiger partial charge is 0.293 e. The van der Waals surface area contributed by atoms with Crippen molar-refractivity contribution >= 4 is 6.21 Å². The Morgan fingerprint density at radius 1 is 1.86 bits per heavy atom. The first-order chi connectivity index (χ1) is 3.27. The van der Waals surface area contributed by atoms with Gasteiger partial charge in [0, 0.05) is 0 Å². The summed E-state index contributed by atoms with van der Waals surface area (Å²) < 4.78 is 0. The molecule has 0 aromatic heterocycles. The molecule has 0 heterocycles. The lowest BCUT2D eigenvalue weighted by atomic mass is 10.4. The maximum atomic E-state index is 3.95. The van der Waals surface area contributed by atoms with Crippen LogP contribution < -0.4 is 0 Å². The van der Waals surface area contributed by atoms with Gasteiger partial charge in [-0.25, -0.2) is 0 Å². The molecule has 0 unspecified atom stereocenters. The van der Waals surface area contributed by atoms with Gasteiger partial charge in [0.05, 0.1) is 6.54 Å². The maximum Gasteiger partial charge on any atom is 0.0590 e. The Morgan fingerprint density at radius 2 is 2.43 bits per heavy atom. The van der Waals surface area contributed by atoms with Gasteiger partial charge in [-0.3, -0.25) is 4.99 Å². The predicted octanol–water partition coefficient (Wildman–Crippen LogP) is 1.65. The van der Waals surface area contributed by atoms with Crippen LogP contribution in [0.4, 0.5) is 0 Å². The molecule has 0 aliphatic rings. The van der Waals surface area contributed by atoms with Crippen molar-refractivity contribution in [2.45, 2.75) is 13.8 Å². The predicted molar refractivity (Wildman–Crippen MR) is 33.8 cm³/mol. The molecule has 0 saturated heterocycles. The fraction of sp³-hybridized carbons (Fsp3) is 0.500. The highest BCUT2D eigenvalue weighted by Gasteiger charge is 1.73.